The van der Waals surface area contributed by atoms with E-state index in [-0.39, 0.29) is 11.6 Å². The smallest absolute Gasteiger partial charge is 0.381 e. The molecule has 8 heteroatoms. The second kappa shape index (κ2) is 2.34. The summed E-state index contributed by atoms with van der Waals surface area (Å²) in [7, 11) is -4.11. The first-order chi connectivity index (χ1) is 7.07. The van der Waals surface area contributed by atoms with E-state index in [0.29, 0.717) is 10.9 Å². The van der Waals surface area contributed by atoms with E-state index in [4.69, 9.17) is 5.73 Å². The van der Waals surface area contributed by atoms with Crippen molar-refractivity contribution in [2.45, 2.75) is 0 Å². The minimum Gasteiger partial charge on any atom is -0.381 e. The molecule has 2 N–H and O–H groups in total. The maximum Gasteiger partial charge on any atom is 0.521 e. The molecule has 1 aromatic carbocycles. The van der Waals surface area contributed by atoms with Gasteiger partial charge in [0.2, 0.25) is 0 Å². The summed E-state index contributed by atoms with van der Waals surface area (Å²) in [5.74, 6) is 0.282. The Morgan fingerprint density at radius 3 is 3.00 bits per heavy atom. The Morgan fingerprint density at radius 2 is 2.20 bits per heavy atom. The molecular weight excluding hydrogens is 222 g/mol. The number of nitrogens with zero attached hydrogens (tertiary/aromatic N) is 2. The van der Waals surface area contributed by atoms with Crippen LogP contribution in [0.3, 0.4) is 0 Å². The van der Waals surface area contributed by atoms with Crippen LogP contribution in [0.2, 0.25) is 0 Å². The van der Waals surface area contributed by atoms with Gasteiger partial charge in [-0.3, -0.25) is 0 Å². The highest BCUT2D eigenvalue weighted by Gasteiger charge is 2.27. The number of anilines is 1. The van der Waals surface area contributed by atoms with Gasteiger partial charge in [0.15, 0.2) is 11.6 Å². The average molecular weight is 227 g/mol. The number of nitrogen functional groups attached to an aromatic ring is 1. The normalized spacial score (nSPS) is 17.1. The number of rotatable bonds is 0. The maximum absolute atomic E-state index is 11.2. The highest BCUT2D eigenvalue weighted by Crippen LogP contribution is 2.33. The molecular formula is C7H5N3O4S. The molecule has 1 aliphatic heterocycles. The zero-order valence-corrected chi connectivity index (χ0v) is 8.06. The molecule has 0 saturated carbocycles. The fourth-order valence-corrected chi connectivity index (χ4v) is 2.15. The molecule has 2 heterocycles. The average Bonchev–Trinajstić information content (AvgIpc) is 2.39. The van der Waals surface area contributed by atoms with Crippen LogP contribution in [0.4, 0.5) is 5.82 Å². The molecule has 1 aliphatic rings. The third-order valence-electron chi connectivity index (χ3n) is 2.02. The molecule has 0 spiro atoms. The van der Waals surface area contributed by atoms with E-state index in [2.05, 4.69) is 13.6 Å². The van der Waals surface area contributed by atoms with Gasteiger partial charge in [-0.25, -0.2) is 4.28 Å². The highest BCUT2D eigenvalue weighted by atomic mass is 32.3. The predicted molar refractivity (Wildman–Crippen MR) is 50.3 cm³/mol. The summed E-state index contributed by atoms with van der Waals surface area (Å²) in [5.41, 5.74) is 6.04. The summed E-state index contributed by atoms with van der Waals surface area (Å²) in [5, 5.41) is 4.16. The molecule has 0 aliphatic carbocycles. The molecule has 1 aromatic heterocycles. The molecule has 2 aromatic rings. The van der Waals surface area contributed by atoms with E-state index >= 15 is 0 Å². The molecule has 3 rings (SSSR count). The van der Waals surface area contributed by atoms with Crippen molar-refractivity contribution in [1.29, 1.82) is 0 Å². The van der Waals surface area contributed by atoms with Crippen molar-refractivity contribution in [3.8, 4) is 5.75 Å². The summed E-state index contributed by atoms with van der Waals surface area (Å²) < 4.78 is 31.6. The van der Waals surface area contributed by atoms with Gasteiger partial charge in [0, 0.05) is 0 Å². The van der Waals surface area contributed by atoms with Crippen LogP contribution in [0.1, 0.15) is 0 Å². The monoisotopic (exact) mass is 227 g/mol. The van der Waals surface area contributed by atoms with Crippen LogP contribution >= 0.6 is 0 Å². The van der Waals surface area contributed by atoms with Crippen LogP contribution < -0.4 is 14.2 Å². The lowest BCUT2D eigenvalue weighted by atomic mass is 10.2. The van der Waals surface area contributed by atoms with Crippen LogP contribution in [-0.2, 0) is 10.4 Å². The van der Waals surface area contributed by atoms with Gasteiger partial charge in [-0.15, -0.1) is 13.5 Å². The van der Waals surface area contributed by atoms with Crippen LogP contribution in [-0.4, -0.2) is 18.4 Å². The lowest BCUT2D eigenvalue weighted by Crippen LogP contribution is -2.24. The molecule has 0 saturated heterocycles. The van der Waals surface area contributed by atoms with Crippen molar-refractivity contribution in [1.82, 2.24) is 9.94 Å². The van der Waals surface area contributed by atoms with Crippen molar-refractivity contribution in [2.24, 2.45) is 0 Å². The summed E-state index contributed by atoms with van der Waals surface area (Å²) >= 11 is 0. The van der Waals surface area contributed by atoms with Gasteiger partial charge in [-0.1, -0.05) is 10.9 Å². The molecule has 7 nitrogen and oxygen atoms in total. The fourth-order valence-electron chi connectivity index (χ4n) is 1.48. The lowest BCUT2D eigenvalue weighted by molar-refractivity contribution is 0.225. The quantitative estimate of drug-likeness (QED) is 0.662. The summed E-state index contributed by atoms with van der Waals surface area (Å²) in [6.07, 6.45) is 0. The zero-order valence-electron chi connectivity index (χ0n) is 7.25. The largest absolute Gasteiger partial charge is 0.521 e. The van der Waals surface area contributed by atoms with Crippen molar-refractivity contribution in [3.05, 3.63) is 18.2 Å². The van der Waals surface area contributed by atoms with E-state index in [1.54, 1.807) is 12.1 Å². The molecule has 0 unspecified atom stereocenters. The number of benzene rings is 1. The van der Waals surface area contributed by atoms with E-state index in [1.807, 2.05) is 0 Å². The Hall–Kier alpha value is -1.96. The van der Waals surface area contributed by atoms with Gasteiger partial charge in [-0.05, 0) is 12.1 Å². The number of nitrogens with two attached hydrogens (primary N) is 1. The van der Waals surface area contributed by atoms with E-state index in [9.17, 15) is 8.42 Å². The van der Waals surface area contributed by atoms with E-state index in [1.165, 1.54) is 6.07 Å². The molecule has 15 heavy (non-hydrogen) atoms. The standard InChI is InChI=1S/C7H5N3O4S/c8-7-6-4-2-1-3-5(6)13-15(11,12)14-10(4)9-7/h1-3H,(H2,8,9). The predicted octanol–water partition coefficient (Wildman–Crippen LogP) is -0.316. The minimum atomic E-state index is -4.11. The van der Waals surface area contributed by atoms with Gasteiger partial charge in [0.1, 0.15) is 5.52 Å². The molecule has 0 atom stereocenters. The SMILES string of the molecule is Nc1nn2c3cccc(c13)OS(=O)(=O)O2. The molecule has 0 radical (unpaired) electrons. The van der Waals surface area contributed by atoms with Crippen LogP contribution in [0, 0.1) is 0 Å². The number of hydrogen-bond donors (Lipinski definition) is 1. The first kappa shape index (κ1) is 8.36. The topological polar surface area (TPSA) is 96.4 Å². The molecule has 0 amide bonds. The van der Waals surface area contributed by atoms with Gasteiger partial charge < -0.3 is 9.92 Å². The third-order valence-corrected chi connectivity index (χ3v) is 2.73. The molecule has 4 bridgehead atoms. The number of hydrogen-bond acceptors (Lipinski definition) is 6. The Bertz CT molecular complexity index is 660. The Labute approximate surface area is 84.3 Å². The number of aromatic nitrogens is 2. The van der Waals surface area contributed by atoms with Gasteiger partial charge in [0.25, 0.3) is 0 Å². The highest BCUT2D eigenvalue weighted by molar-refractivity contribution is 7.82. The maximum atomic E-state index is 11.2. The third kappa shape index (κ3) is 1.05. The fraction of sp³-hybridized carbons (Fsp3) is 0. The van der Waals surface area contributed by atoms with Crippen molar-refractivity contribution < 1.29 is 16.9 Å². The van der Waals surface area contributed by atoms with Crippen LogP contribution in [0.25, 0.3) is 10.9 Å². The van der Waals surface area contributed by atoms with Gasteiger partial charge in [0.05, 0.1) is 5.39 Å². The molecule has 0 fully saturated rings. The van der Waals surface area contributed by atoms with Crippen molar-refractivity contribution in [2.75, 3.05) is 5.73 Å². The van der Waals surface area contributed by atoms with Crippen LogP contribution in [0.5, 0.6) is 5.75 Å². The first-order valence-corrected chi connectivity index (χ1v) is 5.32. The molecule has 78 valence electrons. The summed E-state index contributed by atoms with van der Waals surface area (Å²) in [6, 6.07) is 4.74. The van der Waals surface area contributed by atoms with Gasteiger partial charge >= 0.3 is 10.4 Å². The summed E-state index contributed by atoms with van der Waals surface area (Å²) in [4.78, 5) is 0.830. The Morgan fingerprint density at radius 1 is 1.40 bits per heavy atom. The summed E-state index contributed by atoms with van der Waals surface area (Å²) in [6.45, 7) is 0. The zero-order chi connectivity index (χ0) is 10.6. The van der Waals surface area contributed by atoms with Gasteiger partial charge in [-0.2, -0.15) is 0 Å². The second-order valence-electron chi connectivity index (χ2n) is 2.97. The first-order valence-electron chi connectivity index (χ1n) is 3.98. The van der Waals surface area contributed by atoms with E-state index in [0.717, 1.165) is 4.85 Å². The van der Waals surface area contributed by atoms with Crippen molar-refractivity contribution in [3.63, 3.8) is 0 Å². The Kier molecular flexibility index (Phi) is 1.30. The van der Waals surface area contributed by atoms with Crippen molar-refractivity contribution >= 4 is 27.1 Å². The minimum absolute atomic E-state index is 0.119. The second-order valence-corrected chi connectivity index (χ2v) is 4.11. The van der Waals surface area contributed by atoms with Crippen LogP contribution in [0.15, 0.2) is 18.2 Å². The Balaban J connectivity index is 2.51. The van der Waals surface area contributed by atoms with E-state index < -0.39 is 10.4 Å². The lowest BCUT2D eigenvalue weighted by Gasteiger charge is -2.04.